The van der Waals surface area contributed by atoms with Crippen LogP contribution >= 0.6 is 11.3 Å². The predicted molar refractivity (Wildman–Crippen MR) is 119 cm³/mol. The maximum absolute atomic E-state index is 12.5. The van der Waals surface area contributed by atoms with Crippen LogP contribution in [0.15, 0.2) is 46.6 Å². The lowest BCUT2D eigenvalue weighted by molar-refractivity contribution is 0.282. The van der Waals surface area contributed by atoms with Crippen molar-refractivity contribution in [2.45, 2.75) is 46.1 Å². The van der Waals surface area contributed by atoms with Crippen molar-refractivity contribution < 1.29 is 5.11 Å². The van der Waals surface area contributed by atoms with Crippen LogP contribution in [0.2, 0.25) is 0 Å². The molecule has 0 radical (unpaired) electrons. The highest BCUT2D eigenvalue weighted by atomic mass is 32.1. The highest BCUT2D eigenvalue weighted by Crippen LogP contribution is 2.39. The largest absolute Gasteiger partial charge is 0.392 e. The van der Waals surface area contributed by atoms with Crippen LogP contribution in [0.4, 0.5) is 0 Å². The molecule has 2 heterocycles. The summed E-state index contributed by atoms with van der Waals surface area (Å²) in [6, 6.07) is 12.6. The van der Waals surface area contributed by atoms with E-state index in [0.717, 1.165) is 49.7 Å². The third-order valence-corrected chi connectivity index (χ3v) is 6.91. The number of H-pyrrole nitrogens is 1. The standard InChI is InChI=1S/C24H25NO2S/c1-5-24(3,4)17-8-6-15(7-9-17)19-16(13-26)12-14(2)21-20(19)18-10-11-28-22(18)23(27)25-21/h6-12,26H,5,13H2,1-4H3,(H,25,27). The summed E-state index contributed by atoms with van der Waals surface area (Å²) in [7, 11) is 0. The number of benzene rings is 2. The zero-order valence-corrected chi connectivity index (χ0v) is 17.5. The van der Waals surface area contributed by atoms with E-state index >= 15 is 0 Å². The minimum atomic E-state index is -0.0525. The Kier molecular flexibility index (Phi) is 4.64. The number of nitrogens with one attached hydrogen (secondary N) is 1. The molecular formula is C24H25NO2S. The molecule has 4 heteroatoms. The number of hydrogen-bond donors (Lipinski definition) is 2. The molecule has 0 saturated carbocycles. The van der Waals surface area contributed by atoms with E-state index in [-0.39, 0.29) is 17.6 Å². The van der Waals surface area contributed by atoms with Crippen LogP contribution in [0.1, 0.15) is 43.9 Å². The van der Waals surface area contributed by atoms with Gasteiger partial charge in [-0.1, -0.05) is 51.1 Å². The monoisotopic (exact) mass is 391 g/mol. The van der Waals surface area contributed by atoms with Gasteiger partial charge in [-0.25, -0.2) is 0 Å². The Morgan fingerprint density at radius 1 is 1.14 bits per heavy atom. The second-order valence-electron chi connectivity index (χ2n) is 8.07. The Bertz CT molecular complexity index is 1230. The molecule has 0 spiro atoms. The second kappa shape index (κ2) is 6.87. The van der Waals surface area contributed by atoms with Crippen LogP contribution < -0.4 is 5.56 Å². The lowest BCUT2D eigenvalue weighted by Gasteiger charge is -2.24. The lowest BCUT2D eigenvalue weighted by Crippen LogP contribution is -2.15. The summed E-state index contributed by atoms with van der Waals surface area (Å²) in [4.78, 5) is 15.6. The average Bonchev–Trinajstić information content (AvgIpc) is 3.19. The zero-order chi connectivity index (χ0) is 20.1. The van der Waals surface area contributed by atoms with Gasteiger partial charge in [-0.05, 0) is 58.0 Å². The number of rotatable bonds is 4. The van der Waals surface area contributed by atoms with Gasteiger partial charge in [0.2, 0.25) is 0 Å². The first kappa shape index (κ1) is 18.9. The van der Waals surface area contributed by atoms with Gasteiger partial charge in [0.05, 0.1) is 12.1 Å². The number of pyridine rings is 1. The number of thiophene rings is 1. The Hall–Kier alpha value is -2.43. The predicted octanol–water partition coefficient (Wildman–Crippen LogP) is 5.90. The number of fused-ring (bicyclic) bond motifs is 3. The fourth-order valence-corrected chi connectivity index (χ4v) is 4.71. The Balaban J connectivity index is 2.07. The van der Waals surface area contributed by atoms with Crippen LogP contribution in [0.5, 0.6) is 0 Å². The maximum Gasteiger partial charge on any atom is 0.266 e. The minimum absolute atomic E-state index is 0.0426. The number of hydrogen-bond acceptors (Lipinski definition) is 3. The normalized spacial score (nSPS) is 12.2. The Labute approximate surface area is 168 Å². The van der Waals surface area contributed by atoms with Crippen LogP contribution in [-0.4, -0.2) is 10.1 Å². The fraction of sp³-hybridized carbons (Fsp3) is 0.292. The van der Waals surface area contributed by atoms with Gasteiger partial charge in [-0.3, -0.25) is 4.79 Å². The molecule has 0 saturated heterocycles. The van der Waals surface area contributed by atoms with E-state index in [9.17, 15) is 9.90 Å². The van der Waals surface area contributed by atoms with Gasteiger partial charge in [0.15, 0.2) is 0 Å². The SMILES string of the molecule is CCC(C)(C)c1ccc(-c2c(CO)cc(C)c3[nH]c(=O)c4sccc4c23)cc1. The van der Waals surface area contributed by atoms with Crippen molar-refractivity contribution in [2.75, 3.05) is 0 Å². The van der Waals surface area contributed by atoms with Crippen LogP contribution in [0, 0.1) is 6.92 Å². The van der Waals surface area contributed by atoms with Crippen molar-refractivity contribution in [3.63, 3.8) is 0 Å². The molecule has 2 aromatic heterocycles. The third-order valence-electron chi connectivity index (χ3n) is 5.99. The molecule has 3 nitrogen and oxygen atoms in total. The van der Waals surface area contributed by atoms with Gasteiger partial charge >= 0.3 is 0 Å². The summed E-state index contributed by atoms with van der Waals surface area (Å²) >= 11 is 1.45. The first-order valence-electron chi connectivity index (χ1n) is 9.65. The molecule has 0 aliphatic heterocycles. The molecule has 2 aromatic carbocycles. The summed E-state index contributed by atoms with van der Waals surface area (Å²) in [5.74, 6) is 0. The Morgan fingerprint density at radius 2 is 1.86 bits per heavy atom. The van der Waals surface area contributed by atoms with Crippen molar-refractivity contribution >= 4 is 32.3 Å². The van der Waals surface area contributed by atoms with Gasteiger partial charge in [-0.15, -0.1) is 11.3 Å². The van der Waals surface area contributed by atoms with E-state index in [1.54, 1.807) is 0 Å². The third kappa shape index (κ3) is 2.88. The molecule has 4 rings (SSSR count). The van der Waals surface area contributed by atoms with Crippen molar-refractivity contribution in [3.8, 4) is 11.1 Å². The van der Waals surface area contributed by atoms with Crippen molar-refractivity contribution in [2.24, 2.45) is 0 Å². The second-order valence-corrected chi connectivity index (χ2v) is 8.98. The topological polar surface area (TPSA) is 53.1 Å². The molecule has 4 aromatic rings. The van der Waals surface area contributed by atoms with Crippen molar-refractivity contribution in [3.05, 3.63) is 68.8 Å². The molecule has 0 fully saturated rings. The molecule has 28 heavy (non-hydrogen) atoms. The molecule has 0 aliphatic rings. The van der Waals surface area contributed by atoms with Crippen LogP contribution in [0.3, 0.4) is 0 Å². The van der Waals surface area contributed by atoms with Gasteiger partial charge in [0, 0.05) is 10.8 Å². The zero-order valence-electron chi connectivity index (χ0n) is 16.7. The fourth-order valence-electron chi connectivity index (χ4n) is 3.92. The van der Waals surface area contributed by atoms with Gasteiger partial charge in [-0.2, -0.15) is 0 Å². The van der Waals surface area contributed by atoms with Crippen LogP contribution in [0.25, 0.3) is 32.1 Å². The van der Waals surface area contributed by atoms with Gasteiger partial charge in [0.1, 0.15) is 4.70 Å². The molecular weight excluding hydrogens is 366 g/mol. The van der Waals surface area contributed by atoms with Crippen LogP contribution in [-0.2, 0) is 12.0 Å². The smallest absolute Gasteiger partial charge is 0.266 e. The molecule has 0 amide bonds. The summed E-state index contributed by atoms with van der Waals surface area (Å²) in [6.45, 7) is 8.64. The number of aryl methyl sites for hydroxylation is 1. The van der Waals surface area contributed by atoms with E-state index in [1.807, 2.05) is 24.4 Å². The van der Waals surface area contributed by atoms with E-state index < -0.39 is 0 Å². The van der Waals surface area contributed by atoms with E-state index in [4.69, 9.17) is 0 Å². The number of aliphatic hydroxyl groups excluding tert-OH is 1. The lowest BCUT2D eigenvalue weighted by atomic mass is 9.81. The molecule has 2 N–H and O–H groups in total. The molecule has 144 valence electrons. The highest BCUT2D eigenvalue weighted by molar-refractivity contribution is 7.17. The summed E-state index contributed by atoms with van der Waals surface area (Å²) in [5, 5.41) is 14.0. The molecule has 0 atom stereocenters. The van der Waals surface area contributed by atoms with Crippen molar-refractivity contribution in [1.29, 1.82) is 0 Å². The summed E-state index contributed by atoms with van der Waals surface area (Å²) in [6.07, 6.45) is 1.07. The average molecular weight is 392 g/mol. The summed E-state index contributed by atoms with van der Waals surface area (Å²) in [5.41, 5.74) is 6.13. The van der Waals surface area contributed by atoms with E-state index in [0.29, 0.717) is 0 Å². The minimum Gasteiger partial charge on any atom is -0.392 e. The Morgan fingerprint density at radius 3 is 2.50 bits per heavy atom. The van der Waals surface area contributed by atoms with E-state index in [2.05, 4.69) is 50.0 Å². The maximum atomic E-state index is 12.5. The highest BCUT2D eigenvalue weighted by Gasteiger charge is 2.20. The van der Waals surface area contributed by atoms with Crippen molar-refractivity contribution in [1.82, 2.24) is 4.98 Å². The number of aromatic amines is 1. The number of aliphatic hydroxyl groups is 1. The molecule has 0 bridgehead atoms. The van der Waals surface area contributed by atoms with Gasteiger partial charge < -0.3 is 10.1 Å². The molecule has 0 aliphatic carbocycles. The quantitative estimate of drug-likeness (QED) is 0.455. The first-order chi connectivity index (χ1) is 13.4. The first-order valence-corrected chi connectivity index (χ1v) is 10.5. The van der Waals surface area contributed by atoms with E-state index in [1.165, 1.54) is 16.9 Å². The number of aromatic nitrogens is 1. The van der Waals surface area contributed by atoms with Gasteiger partial charge in [0.25, 0.3) is 5.56 Å². The molecule has 0 unspecified atom stereocenters. The summed E-state index contributed by atoms with van der Waals surface area (Å²) < 4.78 is 0.729.